The van der Waals surface area contributed by atoms with E-state index in [0.29, 0.717) is 0 Å². The summed E-state index contributed by atoms with van der Waals surface area (Å²) in [7, 11) is 0. The van der Waals surface area contributed by atoms with E-state index < -0.39 is 0 Å². The van der Waals surface area contributed by atoms with Crippen LogP contribution in [0.2, 0.25) is 0 Å². The van der Waals surface area contributed by atoms with E-state index in [1.807, 2.05) is 6.07 Å². The minimum atomic E-state index is -0.272. The molecule has 1 aromatic carbocycles. The van der Waals surface area contributed by atoms with Crippen LogP contribution in [-0.2, 0) is 0 Å². The fraction of sp³-hybridized carbons (Fsp3) is 0. The molecular weight excluding hydrogens is 366 g/mol. The van der Waals surface area contributed by atoms with Gasteiger partial charge in [-0.05, 0) is 5.56 Å². The number of benzene rings is 1. The quantitative estimate of drug-likeness (QED) is 0.404. The van der Waals surface area contributed by atoms with Crippen LogP contribution in [0.4, 0.5) is 0 Å². The molecule has 10 heavy (non-hydrogen) atoms. The van der Waals surface area contributed by atoms with Gasteiger partial charge in [-0.25, -0.2) is 0 Å². The number of hydrogen-bond donors (Lipinski definition) is 0. The Bertz CT molecular complexity index is 227. The number of hydrogen-bond acceptors (Lipinski definition) is 0. The molecule has 0 aliphatic heterocycles. The Morgan fingerprint density at radius 1 is 1.10 bits per heavy atom. The molecule has 0 amide bonds. The third kappa shape index (κ3) is 3.24. The largest absolute Gasteiger partial charge is 0.163 e. The lowest BCUT2D eigenvalue weighted by atomic mass is 10.2. The van der Waals surface area contributed by atoms with Gasteiger partial charge >= 0.3 is 0 Å². The molecule has 1 rings (SSSR count). The zero-order valence-corrected chi connectivity index (χ0v) is 10.5. The highest BCUT2D eigenvalue weighted by molar-refractivity contribution is 14.3. The van der Waals surface area contributed by atoms with Crippen LogP contribution in [0, 0.1) is 0 Å². The third-order valence-electron chi connectivity index (χ3n) is 1.08. The SMILES string of the molecule is I[Si](I)=Cc1ccccc1. The van der Waals surface area contributed by atoms with Gasteiger partial charge in [0.1, 0.15) is 0 Å². The van der Waals surface area contributed by atoms with Crippen LogP contribution in [0.3, 0.4) is 0 Å². The van der Waals surface area contributed by atoms with Crippen molar-refractivity contribution in [2.75, 3.05) is 0 Å². The summed E-state index contributed by atoms with van der Waals surface area (Å²) in [6.07, 6.45) is 0. The van der Waals surface area contributed by atoms with E-state index in [9.17, 15) is 0 Å². The Hall–Kier alpha value is 0.767. The first-order chi connectivity index (χ1) is 4.79. The molecule has 0 heterocycles. The molecule has 52 valence electrons. The summed E-state index contributed by atoms with van der Waals surface area (Å²) >= 11 is 4.96. The normalized spacial score (nSPS) is 9.00. The average molecular weight is 372 g/mol. The van der Waals surface area contributed by atoms with E-state index in [-0.39, 0.29) is 3.40 Å². The summed E-state index contributed by atoms with van der Waals surface area (Å²) in [6.45, 7) is 0. The predicted molar refractivity (Wildman–Crippen MR) is 65.4 cm³/mol. The molecule has 0 nitrogen and oxygen atoms in total. The molecule has 3 heteroatoms. The summed E-state index contributed by atoms with van der Waals surface area (Å²) < 4.78 is -0.272. The maximum absolute atomic E-state index is 2.48. The van der Waals surface area contributed by atoms with Crippen molar-refractivity contribution in [3.8, 4) is 0 Å². The minimum absolute atomic E-state index is 0.272. The van der Waals surface area contributed by atoms with Crippen molar-refractivity contribution in [1.82, 2.24) is 0 Å². The predicted octanol–water partition coefficient (Wildman–Crippen LogP) is 2.78. The Kier molecular flexibility index (Phi) is 4.08. The minimum Gasteiger partial charge on any atom is -0.0772 e. The second-order valence-corrected chi connectivity index (χ2v) is 15.9. The van der Waals surface area contributed by atoms with Crippen LogP contribution in [0.5, 0.6) is 0 Å². The Balaban J connectivity index is 2.87. The number of rotatable bonds is 1. The van der Waals surface area contributed by atoms with E-state index >= 15 is 0 Å². The van der Waals surface area contributed by atoms with Gasteiger partial charge < -0.3 is 0 Å². The zero-order valence-electron chi connectivity index (χ0n) is 5.22. The second kappa shape index (κ2) is 4.61. The van der Waals surface area contributed by atoms with Gasteiger partial charge in [-0.1, -0.05) is 79.6 Å². The van der Waals surface area contributed by atoms with E-state index in [1.54, 1.807) is 0 Å². The van der Waals surface area contributed by atoms with Crippen LogP contribution < -0.4 is 0 Å². The first-order valence-corrected chi connectivity index (χ1v) is 10.7. The van der Waals surface area contributed by atoms with Crippen molar-refractivity contribution in [3.05, 3.63) is 35.9 Å². The maximum Gasteiger partial charge on any atom is 0.163 e. The molecule has 0 aliphatic rings. The fourth-order valence-electron chi connectivity index (χ4n) is 0.675. The zero-order chi connectivity index (χ0) is 7.40. The molecule has 0 N–H and O–H groups in total. The topological polar surface area (TPSA) is 0 Å². The van der Waals surface area contributed by atoms with Crippen molar-refractivity contribution in [1.29, 1.82) is 0 Å². The maximum atomic E-state index is 2.48. The molecule has 0 aromatic heterocycles. The van der Waals surface area contributed by atoms with Gasteiger partial charge in [0.2, 0.25) is 0 Å². The highest BCUT2D eigenvalue weighted by Crippen LogP contribution is 1.99. The van der Waals surface area contributed by atoms with Gasteiger partial charge in [0.25, 0.3) is 0 Å². The smallest absolute Gasteiger partial charge is 0.0772 e. The molecule has 0 bridgehead atoms. The Morgan fingerprint density at radius 2 is 1.70 bits per heavy atom. The van der Waals surface area contributed by atoms with Crippen LogP contribution in [-0.4, -0.2) is 9.07 Å². The van der Waals surface area contributed by atoms with Gasteiger partial charge in [-0.15, -0.1) is 0 Å². The third-order valence-corrected chi connectivity index (χ3v) is 3.50. The van der Waals surface area contributed by atoms with Crippen LogP contribution in [0.25, 0.3) is 0 Å². The summed E-state index contributed by atoms with van der Waals surface area (Å²) in [4.78, 5) is 0. The van der Waals surface area contributed by atoms with Gasteiger partial charge in [0.05, 0.1) is 0 Å². The summed E-state index contributed by atoms with van der Waals surface area (Å²) in [5.74, 6) is 0. The first-order valence-electron chi connectivity index (χ1n) is 2.87. The van der Waals surface area contributed by atoms with Gasteiger partial charge in [0.15, 0.2) is 3.40 Å². The van der Waals surface area contributed by atoms with E-state index in [4.69, 9.17) is 0 Å². The molecule has 0 radical (unpaired) electrons. The monoisotopic (exact) mass is 372 g/mol. The van der Waals surface area contributed by atoms with E-state index in [1.165, 1.54) is 5.56 Å². The summed E-state index contributed by atoms with van der Waals surface area (Å²) in [5, 5.41) is 0. The molecule has 0 spiro atoms. The van der Waals surface area contributed by atoms with Crippen molar-refractivity contribution < 1.29 is 0 Å². The van der Waals surface area contributed by atoms with Gasteiger partial charge in [-0.3, -0.25) is 0 Å². The molecule has 0 saturated heterocycles. The Morgan fingerprint density at radius 3 is 2.20 bits per heavy atom. The molecule has 1 aromatic rings. The van der Waals surface area contributed by atoms with Crippen LogP contribution in [0.1, 0.15) is 5.56 Å². The fourth-order valence-corrected chi connectivity index (χ4v) is 3.28. The molecule has 0 unspecified atom stereocenters. The van der Waals surface area contributed by atoms with Crippen LogP contribution in [0.15, 0.2) is 30.3 Å². The standard InChI is InChI=1S/C7H6I2Si/c8-10(9)6-7-4-2-1-3-5-7/h1-6H. The van der Waals surface area contributed by atoms with Crippen molar-refractivity contribution in [2.45, 2.75) is 0 Å². The number of halogens is 2. The van der Waals surface area contributed by atoms with Crippen molar-refractivity contribution >= 4 is 52.7 Å². The van der Waals surface area contributed by atoms with Gasteiger partial charge in [0, 0.05) is 0 Å². The van der Waals surface area contributed by atoms with Gasteiger partial charge in [-0.2, -0.15) is 0 Å². The van der Waals surface area contributed by atoms with Crippen molar-refractivity contribution in [2.24, 2.45) is 0 Å². The molecule has 0 atom stereocenters. The Labute approximate surface area is 87.7 Å². The molecular formula is C7H6I2Si. The average Bonchev–Trinajstić information content (AvgIpc) is 1.88. The van der Waals surface area contributed by atoms with Crippen molar-refractivity contribution in [3.63, 3.8) is 0 Å². The highest BCUT2D eigenvalue weighted by Gasteiger charge is 1.85. The van der Waals surface area contributed by atoms with E-state index in [2.05, 4.69) is 73.5 Å². The highest BCUT2D eigenvalue weighted by atomic mass is 127. The first kappa shape index (κ1) is 8.86. The molecule has 0 aliphatic carbocycles. The second-order valence-electron chi connectivity index (χ2n) is 1.84. The summed E-state index contributed by atoms with van der Waals surface area (Å²) in [5.41, 5.74) is 3.67. The molecule has 0 fully saturated rings. The van der Waals surface area contributed by atoms with Crippen LogP contribution >= 0.6 is 43.6 Å². The molecule has 0 saturated carbocycles. The lowest BCUT2D eigenvalue weighted by molar-refractivity contribution is 1.69. The lowest BCUT2D eigenvalue weighted by Crippen LogP contribution is -1.85. The van der Waals surface area contributed by atoms with E-state index in [0.717, 1.165) is 0 Å². The lowest BCUT2D eigenvalue weighted by Gasteiger charge is -1.89. The summed E-state index contributed by atoms with van der Waals surface area (Å²) in [6, 6.07) is 10.5.